The van der Waals surface area contributed by atoms with Crippen LogP contribution in [-0.2, 0) is 0 Å². The second-order valence-corrected chi connectivity index (χ2v) is 7.39. The molecule has 31 heavy (non-hydrogen) atoms. The maximum atomic E-state index is 13.4. The number of carbonyl (C=O) groups excluding carboxylic acids is 2. The lowest BCUT2D eigenvalue weighted by molar-refractivity contribution is 0.0943. The van der Waals surface area contributed by atoms with Gasteiger partial charge in [-0.15, -0.1) is 0 Å². The van der Waals surface area contributed by atoms with E-state index in [4.69, 9.17) is 27.9 Å². The van der Waals surface area contributed by atoms with Crippen molar-refractivity contribution in [1.82, 2.24) is 5.32 Å². The lowest BCUT2D eigenvalue weighted by Gasteiger charge is -2.24. The first-order chi connectivity index (χ1) is 14.9. The van der Waals surface area contributed by atoms with Crippen LogP contribution in [0, 0.1) is 5.82 Å². The third-order valence-corrected chi connectivity index (χ3v) is 5.05. The second kappa shape index (κ2) is 10.3. The van der Waals surface area contributed by atoms with E-state index in [1.165, 1.54) is 48.4 Å². The molecule has 0 fully saturated rings. The first-order valence-electron chi connectivity index (χ1n) is 9.34. The second-order valence-electron chi connectivity index (χ2n) is 6.55. The van der Waals surface area contributed by atoms with E-state index in [-0.39, 0.29) is 29.6 Å². The Bertz CT molecular complexity index is 1090. The molecule has 3 aromatic carbocycles. The minimum Gasteiger partial charge on any atom is -0.497 e. The summed E-state index contributed by atoms with van der Waals surface area (Å²) in [5.41, 5.74) is 1.14. The molecular formula is C23H19Cl2FN2O3. The monoisotopic (exact) mass is 460 g/mol. The molecule has 0 radical (unpaired) electrons. The van der Waals surface area contributed by atoms with Gasteiger partial charge in [-0.1, -0.05) is 29.3 Å². The maximum absolute atomic E-state index is 13.4. The van der Waals surface area contributed by atoms with Crippen LogP contribution in [0.15, 0.2) is 66.7 Å². The summed E-state index contributed by atoms with van der Waals surface area (Å²) >= 11 is 12.1. The van der Waals surface area contributed by atoms with Gasteiger partial charge in [0.25, 0.3) is 11.8 Å². The van der Waals surface area contributed by atoms with Crippen molar-refractivity contribution in [3.05, 3.63) is 93.7 Å². The Labute approximate surface area is 189 Å². The SMILES string of the molecule is COc1cccc(C(=O)NCCN(C(=O)c2ccc(Cl)cc2Cl)c2ccc(F)cc2)c1. The number of nitrogens with zero attached hydrogens (tertiary/aromatic N) is 1. The van der Waals surface area contributed by atoms with E-state index < -0.39 is 11.7 Å². The minimum absolute atomic E-state index is 0.138. The summed E-state index contributed by atoms with van der Waals surface area (Å²) in [6, 6.07) is 16.8. The van der Waals surface area contributed by atoms with Crippen LogP contribution in [0.4, 0.5) is 10.1 Å². The third-order valence-electron chi connectivity index (χ3n) is 4.50. The van der Waals surface area contributed by atoms with Crippen LogP contribution in [0.2, 0.25) is 10.0 Å². The van der Waals surface area contributed by atoms with Gasteiger partial charge in [-0.05, 0) is 60.7 Å². The van der Waals surface area contributed by atoms with Crippen molar-refractivity contribution in [2.45, 2.75) is 0 Å². The third kappa shape index (κ3) is 5.75. The van der Waals surface area contributed by atoms with E-state index in [0.29, 0.717) is 22.0 Å². The highest BCUT2D eigenvalue weighted by atomic mass is 35.5. The summed E-state index contributed by atoms with van der Waals surface area (Å²) in [5.74, 6) is -0.570. The highest BCUT2D eigenvalue weighted by Crippen LogP contribution is 2.25. The predicted octanol–water partition coefficient (Wildman–Crippen LogP) is 5.22. The fraction of sp³-hybridized carbons (Fsp3) is 0.130. The summed E-state index contributed by atoms with van der Waals surface area (Å²) in [5, 5.41) is 3.38. The lowest BCUT2D eigenvalue weighted by atomic mass is 10.1. The van der Waals surface area contributed by atoms with Crippen molar-refractivity contribution >= 4 is 40.7 Å². The Hall–Kier alpha value is -3.09. The van der Waals surface area contributed by atoms with Crippen LogP contribution in [-0.4, -0.2) is 32.0 Å². The standard InChI is InChI=1S/C23H19Cl2FN2O3/c1-31-19-4-2-3-15(13-19)22(29)27-11-12-28(18-8-6-17(26)7-9-18)23(30)20-10-5-16(24)14-21(20)25/h2-10,13-14H,11-12H2,1H3,(H,27,29). The van der Waals surface area contributed by atoms with Crippen molar-refractivity contribution in [1.29, 1.82) is 0 Å². The van der Waals surface area contributed by atoms with Gasteiger partial charge in [0.05, 0.1) is 17.7 Å². The molecule has 0 aliphatic heterocycles. The normalized spacial score (nSPS) is 10.5. The van der Waals surface area contributed by atoms with E-state index in [0.717, 1.165) is 0 Å². The zero-order valence-corrected chi connectivity index (χ0v) is 18.1. The highest BCUT2D eigenvalue weighted by Gasteiger charge is 2.21. The average Bonchev–Trinajstić information content (AvgIpc) is 2.77. The van der Waals surface area contributed by atoms with Gasteiger partial charge >= 0.3 is 0 Å². The van der Waals surface area contributed by atoms with Gasteiger partial charge in [-0.3, -0.25) is 9.59 Å². The number of rotatable bonds is 7. The van der Waals surface area contributed by atoms with Crippen LogP contribution in [0.25, 0.3) is 0 Å². The summed E-state index contributed by atoms with van der Waals surface area (Å²) in [7, 11) is 1.52. The molecule has 3 rings (SSSR count). The molecule has 0 aliphatic carbocycles. The molecule has 0 aromatic heterocycles. The molecule has 0 unspecified atom stereocenters. The topological polar surface area (TPSA) is 58.6 Å². The quantitative estimate of drug-likeness (QED) is 0.525. The summed E-state index contributed by atoms with van der Waals surface area (Å²) in [4.78, 5) is 27.0. The van der Waals surface area contributed by atoms with E-state index >= 15 is 0 Å². The molecule has 0 atom stereocenters. The number of hydrogen-bond acceptors (Lipinski definition) is 3. The van der Waals surface area contributed by atoms with Crippen LogP contribution >= 0.6 is 23.2 Å². The van der Waals surface area contributed by atoms with Gasteiger partial charge < -0.3 is 15.0 Å². The fourth-order valence-corrected chi connectivity index (χ4v) is 3.41. The molecule has 8 heteroatoms. The average molecular weight is 461 g/mol. The number of methoxy groups -OCH3 is 1. The Morgan fingerprint density at radius 3 is 2.45 bits per heavy atom. The summed E-state index contributed by atoms with van der Waals surface area (Å²) in [6.07, 6.45) is 0. The van der Waals surface area contributed by atoms with Crippen molar-refractivity contribution in [2.75, 3.05) is 25.1 Å². The van der Waals surface area contributed by atoms with Crippen molar-refractivity contribution in [2.24, 2.45) is 0 Å². The van der Waals surface area contributed by atoms with Crippen LogP contribution in [0.5, 0.6) is 5.75 Å². The molecular weight excluding hydrogens is 442 g/mol. The van der Waals surface area contributed by atoms with Crippen LogP contribution in [0.3, 0.4) is 0 Å². The van der Waals surface area contributed by atoms with Gasteiger partial charge in [-0.25, -0.2) is 4.39 Å². The number of amides is 2. The fourth-order valence-electron chi connectivity index (χ4n) is 2.92. The van der Waals surface area contributed by atoms with Crippen LogP contribution < -0.4 is 15.0 Å². The lowest BCUT2D eigenvalue weighted by Crippen LogP contribution is -2.39. The molecule has 1 N–H and O–H groups in total. The number of halogens is 3. The molecule has 5 nitrogen and oxygen atoms in total. The molecule has 2 amide bonds. The largest absolute Gasteiger partial charge is 0.497 e. The molecule has 0 aliphatic rings. The number of nitrogens with one attached hydrogen (secondary N) is 1. The van der Waals surface area contributed by atoms with Gasteiger partial charge in [0.2, 0.25) is 0 Å². The number of carbonyl (C=O) groups is 2. The smallest absolute Gasteiger partial charge is 0.259 e. The molecule has 0 saturated heterocycles. The Balaban J connectivity index is 1.77. The van der Waals surface area contributed by atoms with E-state index in [1.807, 2.05) is 0 Å². The molecule has 0 saturated carbocycles. The Kier molecular flexibility index (Phi) is 7.50. The number of ether oxygens (including phenoxy) is 1. The molecule has 0 bridgehead atoms. The summed E-state index contributed by atoms with van der Waals surface area (Å²) in [6.45, 7) is 0.295. The predicted molar refractivity (Wildman–Crippen MR) is 120 cm³/mol. The van der Waals surface area contributed by atoms with E-state index in [9.17, 15) is 14.0 Å². The number of anilines is 1. The minimum atomic E-state index is -0.424. The van der Waals surface area contributed by atoms with E-state index in [1.54, 1.807) is 30.3 Å². The Morgan fingerprint density at radius 1 is 1.03 bits per heavy atom. The number of benzene rings is 3. The molecule has 0 heterocycles. The highest BCUT2D eigenvalue weighted by molar-refractivity contribution is 6.37. The molecule has 3 aromatic rings. The first-order valence-corrected chi connectivity index (χ1v) is 10.1. The molecule has 160 valence electrons. The van der Waals surface area contributed by atoms with E-state index in [2.05, 4.69) is 5.32 Å². The van der Waals surface area contributed by atoms with Gasteiger partial charge in [0.15, 0.2) is 0 Å². The van der Waals surface area contributed by atoms with Gasteiger partial charge in [0, 0.05) is 29.4 Å². The van der Waals surface area contributed by atoms with Gasteiger partial charge in [-0.2, -0.15) is 0 Å². The van der Waals surface area contributed by atoms with Crippen molar-refractivity contribution < 1.29 is 18.7 Å². The maximum Gasteiger partial charge on any atom is 0.259 e. The zero-order chi connectivity index (χ0) is 22.4. The zero-order valence-electron chi connectivity index (χ0n) is 16.6. The first kappa shape index (κ1) is 22.6. The van der Waals surface area contributed by atoms with Crippen molar-refractivity contribution in [3.63, 3.8) is 0 Å². The van der Waals surface area contributed by atoms with Gasteiger partial charge in [0.1, 0.15) is 11.6 Å². The van der Waals surface area contributed by atoms with Crippen LogP contribution in [0.1, 0.15) is 20.7 Å². The summed E-state index contributed by atoms with van der Waals surface area (Å²) < 4.78 is 18.5. The number of hydrogen-bond donors (Lipinski definition) is 1. The molecule has 0 spiro atoms. The Morgan fingerprint density at radius 2 is 1.77 bits per heavy atom. The van der Waals surface area contributed by atoms with Crippen molar-refractivity contribution in [3.8, 4) is 5.75 Å².